The van der Waals surface area contributed by atoms with Gasteiger partial charge in [-0.3, -0.25) is 4.40 Å². The zero-order valence-corrected chi connectivity index (χ0v) is 17.4. The molecule has 0 atom stereocenters. The van der Waals surface area contributed by atoms with Crippen LogP contribution >= 0.6 is 39.7 Å². The predicted molar refractivity (Wildman–Crippen MR) is 113 cm³/mol. The lowest BCUT2D eigenvalue weighted by atomic mass is 10.2. The van der Waals surface area contributed by atoms with E-state index in [0.717, 1.165) is 32.9 Å². The van der Waals surface area contributed by atoms with Crippen LogP contribution < -0.4 is 10.2 Å². The van der Waals surface area contributed by atoms with Crippen LogP contribution in [0.15, 0.2) is 41.2 Å². The zero-order chi connectivity index (χ0) is 16.7. The first kappa shape index (κ1) is 17.9. The van der Waals surface area contributed by atoms with E-state index in [-0.39, 0.29) is 17.0 Å². The van der Waals surface area contributed by atoms with Gasteiger partial charge in [-0.1, -0.05) is 0 Å². The summed E-state index contributed by atoms with van der Waals surface area (Å²) in [6, 6.07) is 8.31. The Balaban J connectivity index is 0.00000182. The third-order valence-corrected chi connectivity index (χ3v) is 5.33. The number of rotatable bonds is 4. The Morgan fingerprint density at radius 3 is 2.56 bits per heavy atom. The average molecular weight is 436 g/mol. The molecule has 3 aromatic heterocycles. The normalized spacial score (nSPS) is 10.7. The molecule has 25 heavy (non-hydrogen) atoms. The maximum atomic E-state index is 4.74. The molecule has 0 radical (unpaired) electrons. The van der Waals surface area contributed by atoms with Crippen LogP contribution in [0.2, 0.25) is 0 Å². The first-order valence-electron chi connectivity index (χ1n) is 7.54. The second-order valence-electron chi connectivity index (χ2n) is 5.71. The van der Waals surface area contributed by atoms with E-state index in [2.05, 4.69) is 49.2 Å². The molecule has 0 saturated carbocycles. The number of benzene rings is 1. The molecule has 4 aromatic rings. The molecular formula is C17H18BrN5S2. The van der Waals surface area contributed by atoms with Crippen LogP contribution in [0.5, 0.6) is 0 Å². The summed E-state index contributed by atoms with van der Waals surface area (Å²) in [6.07, 6.45) is 2.04. The highest BCUT2D eigenvalue weighted by Gasteiger charge is 2.14. The molecule has 5 nitrogen and oxygen atoms in total. The first-order chi connectivity index (χ1) is 11.6. The van der Waals surface area contributed by atoms with Crippen molar-refractivity contribution in [1.29, 1.82) is 0 Å². The summed E-state index contributed by atoms with van der Waals surface area (Å²) in [7, 11) is 4.07. The minimum Gasteiger partial charge on any atom is -0.378 e. The molecule has 0 bridgehead atoms. The Morgan fingerprint density at radius 2 is 1.84 bits per heavy atom. The Hall–Kier alpha value is -1.90. The molecule has 4 rings (SSSR count). The minimum atomic E-state index is 0. The predicted octanol–water partition coefficient (Wildman–Crippen LogP) is 5.22. The maximum absolute atomic E-state index is 4.74. The van der Waals surface area contributed by atoms with Crippen molar-refractivity contribution in [1.82, 2.24) is 14.4 Å². The molecule has 1 N–H and O–H groups in total. The maximum Gasteiger partial charge on any atom is 0.194 e. The van der Waals surface area contributed by atoms with Crippen LogP contribution in [0.4, 0.5) is 16.5 Å². The van der Waals surface area contributed by atoms with Gasteiger partial charge in [0.1, 0.15) is 5.69 Å². The van der Waals surface area contributed by atoms with Crippen LogP contribution in [-0.2, 0) is 0 Å². The van der Waals surface area contributed by atoms with Crippen molar-refractivity contribution < 1.29 is 0 Å². The van der Waals surface area contributed by atoms with Crippen molar-refractivity contribution in [2.24, 2.45) is 0 Å². The van der Waals surface area contributed by atoms with Gasteiger partial charge in [-0.05, 0) is 31.2 Å². The first-order valence-corrected chi connectivity index (χ1v) is 9.30. The smallest absolute Gasteiger partial charge is 0.194 e. The summed E-state index contributed by atoms with van der Waals surface area (Å²) in [6.45, 7) is 2.03. The van der Waals surface area contributed by atoms with Crippen molar-refractivity contribution in [3.8, 4) is 11.4 Å². The summed E-state index contributed by atoms with van der Waals surface area (Å²) in [5.41, 5.74) is 5.24. The lowest BCUT2D eigenvalue weighted by Gasteiger charge is -2.12. The molecule has 0 aliphatic rings. The van der Waals surface area contributed by atoms with Gasteiger partial charge in [-0.2, -0.15) is 0 Å². The van der Waals surface area contributed by atoms with Crippen molar-refractivity contribution in [3.63, 3.8) is 0 Å². The van der Waals surface area contributed by atoms with Gasteiger partial charge >= 0.3 is 0 Å². The molecule has 0 aliphatic carbocycles. The quantitative estimate of drug-likeness (QED) is 0.477. The highest BCUT2D eigenvalue weighted by Crippen LogP contribution is 2.31. The van der Waals surface area contributed by atoms with Gasteiger partial charge in [-0.25, -0.2) is 9.97 Å². The van der Waals surface area contributed by atoms with E-state index in [0.29, 0.717) is 0 Å². The minimum absolute atomic E-state index is 0. The van der Waals surface area contributed by atoms with Crippen molar-refractivity contribution >= 4 is 61.1 Å². The van der Waals surface area contributed by atoms with E-state index in [9.17, 15) is 0 Å². The van der Waals surface area contributed by atoms with E-state index < -0.39 is 0 Å². The number of aromatic nitrogens is 3. The molecule has 8 heteroatoms. The van der Waals surface area contributed by atoms with Crippen molar-refractivity contribution in [2.45, 2.75) is 6.92 Å². The number of anilines is 3. The van der Waals surface area contributed by atoms with Gasteiger partial charge in [0.2, 0.25) is 0 Å². The number of nitrogens with zero attached hydrogens (tertiary/aromatic N) is 4. The van der Waals surface area contributed by atoms with Crippen LogP contribution in [0.1, 0.15) is 5.69 Å². The van der Waals surface area contributed by atoms with E-state index in [4.69, 9.17) is 4.98 Å². The number of halogens is 1. The number of hydrogen-bond acceptors (Lipinski definition) is 6. The molecular weight excluding hydrogens is 418 g/mol. The van der Waals surface area contributed by atoms with E-state index in [1.54, 1.807) is 22.7 Å². The summed E-state index contributed by atoms with van der Waals surface area (Å²) in [5, 5.41) is 8.38. The second-order valence-corrected chi connectivity index (χ2v) is 7.44. The van der Waals surface area contributed by atoms with Crippen LogP contribution in [0.25, 0.3) is 16.3 Å². The summed E-state index contributed by atoms with van der Waals surface area (Å²) >= 11 is 3.24. The molecule has 0 fully saturated rings. The highest BCUT2D eigenvalue weighted by atomic mass is 79.9. The fraction of sp³-hybridized carbons (Fsp3) is 0.176. The number of aryl methyl sites for hydroxylation is 1. The lowest BCUT2D eigenvalue weighted by molar-refractivity contribution is 1.13. The third-order valence-electron chi connectivity index (χ3n) is 3.82. The second kappa shape index (κ2) is 7.15. The van der Waals surface area contributed by atoms with Gasteiger partial charge < -0.3 is 10.2 Å². The topological polar surface area (TPSA) is 45.5 Å². The lowest BCUT2D eigenvalue weighted by Crippen LogP contribution is -2.08. The zero-order valence-electron chi connectivity index (χ0n) is 14.1. The summed E-state index contributed by atoms with van der Waals surface area (Å²) < 4.78 is 2.10. The fourth-order valence-electron chi connectivity index (χ4n) is 2.61. The molecule has 0 amide bonds. The van der Waals surface area contributed by atoms with Crippen LogP contribution in [-0.4, -0.2) is 28.5 Å². The standard InChI is InChI=1S/C17H17N5S2.BrH/c1-11-15(22-8-9-23-17(22)18-11)14-10-24-16(20-14)19-12-4-6-13(7-5-12)21(2)3;/h4-10H,1-3H3,(H,19,20);1H. The Kier molecular flexibility index (Phi) is 5.12. The SMILES string of the molecule is Br.Cc1nc2sccn2c1-c1csc(Nc2ccc(N(C)C)cc2)n1. The van der Waals surface area contributed by atoms with Crippen molar-refractivity contribution in [2.75, 3.05) is 24.3 Å². The van der Waals surface area contributed by atoms with Gasteiger partial charge in [0, 0.05) is 42.4 Å². The Bertz CT molecular complexity index is 984. The molecule has 0 spiro atoms. The van der Waals surface area contributed by atoms with Gasteiger partial charge in [0.25, 0.3) is 0 Å². The van der Waals surface area contributed by atoms with Crippen molar-refractivity contribution in [3.05, 3.63) is 46.9 Å². The Labute approximate surface area is 164 Å². The largest absolute Gasteiger partial charge is 0.378 e. The van der Waals surface area contributed by atoms with Crippen LogP contribution in [0.3, 0.4) is 0 Å². The summed E-state index contributed by atoms with van der Waals surface area (Å²) in [4.78, 5) is 12.4. The highest BCUT2D eigenvalue weighted by molar-refractivity contribution is 8.93. The number of nitrogens with one attached hydrogen (secondary N) is 1. The van der Waals surface area contributed by atoms with Gasteiger partial charge in [-0.15, -0.1) is 39.7 Å². The molecule has 0 unspecified atom stereocenters. The number of hydrogen-bond donors (Lipinski definition) is 1. The number of thiazole rings is 2. The third kappa shape index (κ3) is 3.42. The average Bonchev–Trinajstić information content (AvgIpc) is 3.24. The fourth-order valence-corrected chi connectivity index (χ4v) is 4.08. The molecule has 3 heterocycles. The molecule has 1 aromatic carbocycles. The van der Waals surface area contributed by atoms with Gasteiger partial charge in [0.15, 0.2) is 10.1 Å². The molecule has 130 valence electrons. The molecule has 0 saturated heterocycles. The monoisotopic (exact) mass is 435 g/mol. The van der Waals surface area contributed by atoms with Gasteiger partial charge in [0.05, 0.1) is 11.4 Å². The van der Waals surface area contributed by atoms with E-state index in [1.807, 2.05) is 32.6 Å². The molecule has 0 aliphatic heterocycles. The van der Waals surface area contributed by atoms with Crippen LogP contribution in [0, 0.1) is 6.92 Å². The number of fused-ring (bicyclic) bond motifs is 1. The number of imidazole rings is 1. The van der Waals surface area contributed by atoms with E-state index >= 15 is 0 Å². The van der Waals surface area contributed by atoms with E-state index in [1.165, 1.54) is 5.69 Å². The summed E-state index contributed by atoms with van der Waals surface area (Å²) in [5.74, 6) is 0. The Morgan fingerprint density at radius 1 is 1.08 bits per heavy atom.